The maximum absolute atomic E-state index is 11.2. The van der Waals surface area contributed by atoms with Crippen LogP contribution in [0.25, 0.3) is 0 Å². The zero-order valence-electron chi connectivity index (χ0n) is 10.4. The highest BCUT2D eigenvalue weighted by Crippen LogP contribution is 2.47. The predicted octanol–water partition coefficient (Wildman–Crippen LogP) is 1.83. The maximum atomic E-state index is 11.2. The molecule has 17 heavy (non-hydrogen) atoms. The zero-order chi connectivity index (χ0) is 12.5. The van der Waals surface area contributed by atoms with E-state index in [9.17, 15) is 4.79 Å². The van der Waals surface area contributed by atoms with Crippen LogP contribution in [-0.4, -0.2) is 20.1 Å². The van der Waals surface area contributed by atoms with Gasteiger partial charge in [-0.2, -0.15) is 0 Å². The van der Waals surface area contributed by atoms with Crippen molar-refractivity contribution in [2.45, 2.75) is 25.3 Å². The Bertz CT molecular complexity index is 438. The molecule has 1 aliphatic rings. The molecule has 0 saturated heterocycles. The Kier molecular flexibility index (Phi) is 2.96. The third-order valence-electron chi connectivity index (χ3n) is 3.10. The van der Waals surface area contributed by atoms with E-state index in [4.69, 9.17) is 9.47 Å². The van der Waals surface area contributed by atoms with Crippen LogP contribution < -0.4 is 14.8 Å². The van der Waals surface area contributed by atoms with Gasteiger partial charge in [-0.1, -0.05) is 6.07 Å². The lowest BCUT2D eigenvalue weighted by molar-refractivity contribution is -0.120. The van der Waals surface area contributed by atoms with Gasteiger partial charge in [0.05, 0.1) is 19.8 Å². The molecule has 1 saturated carbocycles. The number of rotatable bonds is 4. The highest BCUT2D eigenvalue weighted by Gasteiger charge is 2.45. The first-order valence-electron chi connectivity index (χ1n) is 5.62. The van der Waals surface area contributed by atoms with E-state index in [2.05, 4.69) is 5.32 Å². The Morgan fingerprint density at radius 3 is 2.35 bits per heavy atom. The minimum Gasteiger partial charge on any atom is -0.493 e. The molecule has 1 amide bonds. The largest absolute Gasteiger partial charge is 0.493 e. The van der Waals surface area contributed by atoms with Crippen LogP contribution in [0.3, 0.4) is 0 Å². The van der Waals surface area contributed by atoms with Gasteiger partial charge in [-0.15, -0.1) is 0 Å². The Balaban J connectivity index is 2.30. The molecule has 0 aromatic heterocycles. The first-order chi connectivity index (χ1) is 8.11. The van der Waals surface area contributed by atoms with Crippen molar-refractivity contribution < 1.29 is 14.3 Å². The lowest BCUT2D eigenvalue weighted by Gasteiger charge is -2.18. The molecule has 0 bridgehead atoms. The van der Waals surface area contributed by atoms with E-state index in [0.29, 0.717) is 11.5 Å². The SMILES string of the molecule is COc1ccc(C2(NC(C)=O)CC2)cc1OC. The van der Waals surface area contributed by atoms with E-state index in [1.165, 1.54) is 0 Å². The number of methoxy groups -OCH3 is 2. The summed E-state index contributed by atoms with van der Waals surface area (Å²) in [6.45, 7) is 1.54. The molecule has 1 fully saturated rings. The van der Waals surface area contributed by atoms with E-state index in [-0.39, 0.29) is 11.4 Å². The fourth-order valence-corrected chi connectivity index (χ4v) is 2.08. The van der Waals surface area contributed by atoms with Crippen LogP contribution in [0.4, 0.5) is 0 Å². The molecule has 4 heteroatoms. The molecule has 2 rings (SSSR count). The van der Waals surface area contributed by atoms with Gasteiger partial charge < -0.3 is 14.8 Å². The number of nitrogens with one attached hydrogen (secondary N) is 1. The number of carbonyl (C=O) groups is 1. The molecule has 0 unspecified atom stereocenters. The van der Waals surface area contributed by atoms with Gasteiger partial charge in [0.1, 0.15) is 0 Å². The Labute approximate surface area is 101 Å². The average Bonchev–Trinajstić information content (AvgIpc) is 3.08. The fourth-order valence-electron chi connectivity index (χ4n) is 2.08. The summed E-state index contributed by atoms with van der Waals surface area (Å²) >= 11 is 0. The van der Waals surface area contributed by atoms with Crippen LogP contribution in [0, 0.1) is 0 Å². The van der Waals surface area contributed by atoms with Gasteiger partial charge >= 0.3 is 0 Å². The van der Waals surface area contributed by atoms with Crippen molar-refractivity contribution in [3.8, 4) is 11.5 Å². The first kappa shape index (κ1) is 11.8. The fraction of sp³-hybridized carbons (Fsp3) is 0.462. The van der Waals surface area contributed by atoms with Crippen molar-refractivity contribution >= 4 is 5.91 Å². The summed E-state index contributed by atoms with van der Waals surface area (Å²) in [5.74, 6) is 1.40. The molecule has 1 aromatic rings. The molecule has 1 aromatic carbocycles. The van der Waals surface area contributed by atoms with E-state index in [0.717, 1.165) is 18.4 Å². The van der Waals surface area contributed by atoms with Crippen molar-refractivity contribution in [3.63, 3.8) is 0 Å². The number of ether oxygens (including phenoxy) is 2. The van der Waals surface area contributed by atoms with Crippen molar-refractivity contribution in [2.75, 3.05) is 14.2 Å². The lowest BCUT2D eigenvalue weighted by atomic mass is 10.0. The van der Waals surface area contributed by atoms with Gasteiger partial charge in [0.2, 0.25) is 5.91 Å². The van der Waals surface area contributed by atoms with Crippen LogP contribution in [0.5, 0.6) is 11.5 Å². The molecule has 0 spiro atoms. The van der Waals surface area contributed by atoms with Crippen LogP contribution in [0.1, 0.15) is 25.3 Å². The molecule has 0 radical (unpaired) electrons. The maximum Gasteiger partial charge on any atom is 0.217 e. The van der Waals surface area contributed by atoms with Gasteiger partial charge in [-0.25, -0.2) is 0 Å². The third kappa shape index (κ3) is 2.20. The van der Waals surface area contributed by atoms with Crippen molar-refractivity contribution in [1.29, 1.82) is 0 Å². The summed E-state index contributed by atoms with van der Waals surface area (Å²) in [6, 6.07) is 5.78. The number of carbonyl (C=O) groups excluding carboxylic acids is 1. The number of hydrogen-bond donors (Lipinski definition) is 1. The van der Waals surface area contributed by atoms with Crippen molar-refractivity contribution in [2.24, 2.45) is 0 Å². The highest BCUT2D eigenvalue weighted by atomic mass is 16.5. The molecule has 1 aliphatic carbocycles. The van der Waals surface area contributed by atoms with Crippen LogP contribution in [0.15, 0.2) is 18.2 Å². The van der Waals surface area contributed by atoms with Gasteiger partial charge in [-0.05, 0) is 30.5 Å². The Hall–Kier alpha value is -1.71. The van der Waals surface area contributed by atoms with Gasteiger partial charge in [0.15, 0.2) is 11.5 Å². The predicted molar refractivity (Wildman–Crippen MR) is 64.3 cm³/mol. The van der Waals surface area contributed by atoms with Crippen LogP contribution in [0.2, 0.25) is 0 Å². The van der Waals surface area contributed by atoms with Crippen molar-refractivity contribution in [1.82, 2.24) is 5.32 Å². The highest BCUT2D eigenvalue weighted by molar-refractivity contribution is 5.75. The quantitative estimate of drug-likeness (QED) is 0.866. The minimum absolute atomic E-state index is 0.00251. The molecule has 0 heterocycles. The Morgan fingerprint density at radius 1 is 1.24 bits per heavy atom. The van der Waals surface area contributed by atoms with Gasteiger partial charge in [-0.3, -0.25) is 4.79 Å². The smallest absolute Gasteiger partial charge is 0.217 e. The molecule has 92 valence electrons. The number of hydrogen-bond acceptors (Lipinski definition) is 3. The molecular formula is C13H17NO3. The molecule has 4 nitrogen and oxygen atoms in total. The summed E-state index contributed by atoms with van der Waals surface area (Å²) in [7, 11) is 3.22. The molecule has 0 atom stereocenters. The molecule has 1 N–H and O–H groups in total. The van der Waals surface area contributed by atoms with Crippen LogP contribution in [-0.2, 0) is 10.3 Å². The lowest BCUT2D eigenvalue weighted by Crippen LogP contribution is -2.32. The minimum atomic E-state index is -0.189. The second-order valence-electron chi connectivity index (χ2n) is 4.33. The molecular weight excluding hydrogens is 218 g/mol. The van der Waals surface area contributed by atoms with E-state index < -0.39 is 0 Å². The first-order valence-corrected chi connectivity index (χ1v) is 5.62. The second kappa shape index (κ2) is 4.28. The number of amides is 1. The standard InChI is InChI=1S/C13H17NO3/c1-9(15)14-13(6-7-13)10-4-5-11(16-2)12(8-10)17-3/h4-5,8H,6-7H2,1-3H3,(H,14,15). The third-order valence-corrected chi connectivity index (χ3v) is 3.10. The van der Waals surface area contributed by atoms with E-state index >= 15 is 0 Å². The van der Waals surface area contributed by atoms with E-state index in [1.54, 1.807) is 21.1 Å². The van der Waals surface area contributed by atoms with Crippen molar-refractivity contribution in [3.05, 3.63) is 23.8 Å². The second-order valence-corrected chi connectivity index (χ2v) is 4.33. The zero-order valence-corrected chi connectivity index (χ0v) is 10.4. The van der Waals surface area contributed by atoms with E-state index in [1.807, 2.05) is 18.2 Å². The normalized spacial score (nSPS) is 16.2. The summed E-state index contributed by atoms with van der Waals surface area (Å²) in [4.78, 5) is 11.2. The average molecular weight is 235 g/mol. The summed E-state index contributed by atoms with van der Waals surface area (Å²) in [5, 5.41) is 3.00. The summed E-state index contributed by atoms with van der Waals surface area (Å²) in [5.41, 5.74) is 0.885. The summed E-state index contributed by atoms with van der Waals surface area (Å²) in [6.07, 6.45) is 1.95. The van der Waals surface area contributed by atoms with Crippen LogP contribution >= 0.6 is 0 Å². The van der Waals surface area contributed by atoms with Gasteiger partial charge in [0, 0.05) is 6.92 Å². The van der Waals surface area contributed by atoms with Gasteiger partial charge in [0.25, 0.3) is 0 Å². The summed E-state index contributed by atoms with van der Waals surface area (Å²) < 4.78 is 10.5. The topological polar surface area (TPSA) is 47.6 Å². The number of benzene rings is 1. The Morgan fingerprint density at radius 2 is 1.88 bits per heavy atom. The monoisotopic (exact) mass is 235 g/mol. The molecule has 0 aliphatic heterocycles.